The van der Waals surface area contributed by atoms with Crippen LogP contribution in [0.4, 0.5) is 0 Å². The second-order valence-electron chi connectivity index (χ2n) is 0.799. The number of rotatable bonds is 1. The van der Waals surface area contributed by atoms with Crippen LogP contribution in [0.3, 0.4) is 0 Å². The Kier molecular flexibility index (Phi) is 6.64. The van der Waals surface area contributed by atoms with Crippen LogP contribution in [0, 0.1) is 0 Å². The molecule has 42 valence electrons. The van der Waals surface area contributed by atoms with E-state index in [1.807, 2.05) is 0 Å². The lowest BCUT2D eigenvalue weighted by Gasteiger charge is -1.86. The van der Waals surface area contributed by atoms with E-state index in [2.05, 4.69) is 67.8 Å². The number of alkyl halides is 1. The molecular formula is C3H2ClI3. The van der Waals surface area contributed by atoms with Gasteiger partial charge in [0, 0.05) is 3.58 Å². The predicted octanol–water partition coefficient (Wildman–Crippen LogP) is 3.70. The van der Waals surface area contributed by atoms with E-state index in [-0.39, 0.29) is 0 Å². The van der Waals surface area contributed by atoms with Crippen LogP contribution in [0.5, 0.6) is 0 Å². The first-order chi connectivity index (χ1) is 3.18. The quantitative estimate of drug-likeness (QED) is 0.419. The zero-order valence-corrected chi connectivity index (χ0v) is 10.4. The summed E-state index contributed by atoms with van der Waals surface area (Å²) in [6, 6.07) is 0. The van der Waals surface area contributed by atoms with Crippen molar-refractivity contribution in [2.75, 3.05) is 5.88 Å². The second-order valence-corrected chi connectivity index (χ2v) is 6.59. The Hall–Kier alpha value is 2.22. The molecule has 0 saturated heterocycles. The fourth-order valence-corrected chi connectivity index (χ4v) is 1.02. The first kappa shape index (κ1) is 9.22. The van der Waals surface area contributed by atoms with Gasteiger partial charge in [-0.25, -0.2) is 0 Å². The molecule has 0 saturated carbocycles. The van der Waals surface area contributed by atoms with Crippen molar-refractivity contribution in [1.29, 1.82) is 0 Å². The molecule has 0 aromatic carbocycles. The lowest BCUT2D eigenvalue weighted by molar-refractivity contribution is 1.77. The molecule has 0 aliphatic rings. The smallest absolute Gasteiger partial charge is 0.0619 e. The lowest BCUT2D eigenvalue weighted by atomic mass is 10.8. The lowest BCUT2D eigenvalue weighted by Crippen LogP contribution is -1.67. The van der Waals surface area contributed by atoms with Crippen molar-refractivity contribution in [3.05, 3.63) is 5.17 Å². The normalized spacial score (nSPS) is 8.57. The Morgan fingerprint density at radius 2 is 1.71 bits per heavy atom. The molecule has 0 radical (unpaired) electrons. The minimum atomic E-state index is 0.641. The number of allylic oxidation sites excluding steroid dienone is 1. The molecule has 0 rings (SSSR count). The van der Waals surface area contributed by atoms with E-state index in [0.717, 1.165) is 0 Å². The second kappa shape index (κ2) is 5.04. The van der Waals surface area contributed by atoms with Gasteiger partial charge in [-0.15, -0.1) is 11.6 Å². The summed E-state index contributed by atoms with van der Waals surface area (Å²) in [6.45, 7) is 0. The molecule has 0 heterocycles. The summed E-state index contributed by atoms with van der Waals surface area (Å²) in [5.74, 6) is 0.641. The molecule has 0 aliphatic carbocycles. The Balaban J connectivity index is 3.72. The Labute approximate surface area is 88.9 Å². The zero-order valence-electron chi connectivity index (χ0n) is 3.22. The molecule has 0 aromatic heterocycles. The SMILES string of the molecule is ClCC(I)=C(I)I. The van der Waals surface area contributed by atoms with Crippen LogP contribution in [0.1, 0.15) is 0 Å². The van der Waals surface area contributed by atoms with Gasteiger partial charge in [0.2, 0.25) is 0 Å². The summed E-state index contributed by atoms with van der Waals surface area (Å²) >= 11 is 12.2. The highest BCUT2D eigenvalue weighted by atomic mass is 127. The Morgan fingerprint density at radius 3 is 1.71 bits per heavy atom. The van der Waals surface area contributed by atoms with E-state index < -0.39 is 0 Å². The van der Waals surface area contributed by atoms with Crippen molar-refractivity contribution in [3.8, 4) is 0 Å². The van der Waals surface area contributed by atoms with Crippen LogP contribution < -0.4 is 0 Å². The van der Waals surface area contributed by atoms with Gasteiger partial charge < -0.3 is 0 Å². The Morgan fingerprint density at radius 1 is 1.29 bits per heavy atom. The fraction of sp³-hybridized carbons (Fsp3) is 0.333. The van der Waals surface area contributed by atoms with Gasteiger partial charge >= 0.3 is 0 Å². The van der Waals surface area contributed by atoms with Crippen molar-refractivity contribution in [2.45, 2.75) is 0 Å². The first-order valence-corrected chi connectivity index (χ1v) is 5.21. The molecule has 0 amide bonds. The molecule has 0 bridgehead atoms. The monoisotopic (exact) mass is 454 g/mol. The fourth-order valence-electron chi connectivity index (χ4n) is 0.0505. The maximum atomic E-state index is 5.47. The third kappa shape index (κ3) is 4.71. The zero-order chi connectivity index (χ0) is 5.86. The maximum Gasteiger partial charge on any atom is 0.0619 e. The van der Waals surface area contributed by atoms with E-state index in [1.165, 1.54) is 5.17 Å². The highest BCUT2D eigenvalue weighted by molar-refractivity contribution is 14.2. The van der Waals surface area contributed by atoms with Crippen LogP contribution in [0.25, 0.3) is 0 Å². The highest BCUT2D eigenvalue weighted by Gasteiger charge is 1.90. The van der Waals surface area contributed by atoms with Crippen molar-refractivity contribution >= 4 is 79.4 Å². The third-order valence-electron chi connectivity index (χ3n) is 0.322. The summed E-state index contributed by atoms with van der Waals surface area (Å²) in [7, 11) is 0. The standard InChI is InChI=1S/C3H2ClI3/c4-1-2(5)3(6)7/h1H2. The number of hydrogen-bond donors (Lipinski definition) is 0. The molecule has 0 aromatic rings. The molecule has 0 fully saturated rings. The average Bonchev–Trinajstić information content (AvgIpc) is 1.65. The van der Waals surface area contributed by atoms with E-state index >= 15 is 0 Å². The van der Waals surface area contributed by atoms with Crippen molar-refractivity contribution in [1.82, 2.24) is 0 Å². The van der Waals surface area contributed by atoms with Gasteiger partial charge in [0.05, 0.1) is 7.47 Å². The summed E-state index contributed by atoms with van der Waals surface area (Å²) in [6.07, 6.45) is 0. The van der Waals surface area contributed by atoms with E-state index in [1.54, 1.807) is 0 Å². The topological polar surface area (TPSA) is 0 Å². The van der Waals surface area contributed by atoms with Crippen molar-refractivity contribution in [2.24, 2.45) is 0 Å². The van der Waals surface area contributed by atoms with Crippen molar-refractivity contribution in [3.63, 3.8) is 0 Å². The van der Waals surface area contributed by atoms with Crippen LogP contribution in [-0.2, 0) is 0 Å². The van der Waals surface area contributed by atoms with Gasteiger partial charge in [-0.3, -0.25) is 0 Å². The average molecular weight is 454 g/mol. The van der Waals surface area contributed by atoms with Crippen LogP contribution in [-0.4, -0.2) is 5.88 Å². The van der Waals surface area contributed by atoms with Crippen LogP contribution in [0.2, 0.25) is 0 Å². The molecule has 0 aliphatic heterocycles. The maximum absolute atomic E-state index is 5.47. The van der Waals surface area contributed by atoms with E-state index in [4.69, 9.17) is 11.6 Å². The Bertz CT molecular complexity index is 84.2. The summed E-state index contributed by atoms with van der Waals surface area (Å²) in [5, 5.41) is 0. The first-order valence-electron chi connectivity index (χ1n) is 1.44. The minimum Gasteiger partial charge on any atom is -0.121 e. The predicted molar refractivity (Wildman–Crippen MR) is 59.8 cm³/mol. The van der Waals surface area contributed by atoms with Crippen molar-refractivity contribution < 1.29 is 0 Å². The third-order valence-corrected chi connectivity index (χ3v) is 5.33. The van der Waals surface area contributed by atoms with Gasteiger partial charge in [0.15, 0.2) is 0 Å². The molecule has 0 atom stereocenters. The van der Waals surface area contributed by atoms with Gasteiger partial charge in [0.25, 0.3) is 0 Å². The molecule has 0 unspecified atom stereocenters. The largest absolute Gasteiger partial charge is 0.121 e. The van der Waals surface area contributed by atoms with Gasteiger partial charge in [-0.2, -0.15) is 0 Å². The molecule has 4 heteroatoms. The van der Waals surface area contributed by atoms with Gasteiger partial charge in [0.1, 0.15) is 0 Å². The molecular weight excluding hydrogens is 452 g/mol. The van der Waals surface area contributed by atoms with Crippen LogP contribution >= 0.6 is 79.4 Å². The molecule has 7 heavy (non-hydrogen) atoms. The summed E-state index contributed by atoms with van der Waals surface area (Å²) < 4.78 is 2.48. The summed E-state index contributed by atoms with van der Waals surface area (Å²) in [4.78, 5) is 0. The molecule has 0 spiro atoms. The molecule has 0 nitrogen and oxygen atoms in total. The van der Waals surface area contributed by atoms with Crippen LogP contribution in [0.15, 0.2) is 5.17 Å². The van der Waals surface area contributed by atoms with Gasteiger partial charge in [-0.1, -0.05) is 0 Å². The number of hydrogen-bond acceptors (Lipinski definition) is 0. The summed E-state index contributed by atoms with van der Waals surface area (Å²) in [5.41, 5.74) is 0. The van der Waals surface area contributed by atoms with E-state index in [9.17, 15) is 0 Å². The minimum absolute atomic E-state index is 0.641. The van der Waals surface area contributed by atoms with Gasteiger partial charge in [-0.05, 0) is 67.8 Å². The van der Waals surface area contributed by atoms with E-state index in [0.29, 0.717) is 5.88 Å². The highest BCUT2D eigenvalue weighted by Crippen LogP contribution is 2.25. The molecule has 0 N–H and O–H groups in total. The number of halogens is 4.